The summed E-state index contributed by atoms with van der Waals surface area (Å²) in [7, 11) is 1.82. The number of nitrogens with zero attached hydrogens (tertiary/aromatic N) is 5. The molecule has 1 unspecified atom stereocenters. The van der Waals surface area contributed by atoms with Crippen molar-refractivity contribution in [1.29, 1.82) is 0 Å². The smallest absolute Gasteiger partial charge is 0.319 e. The minimum atomic E-state index is 0.0624. The van der Waals surface area contributed by atoms with Gasteiger partial charge in [0.1, 0.15) is 5.52 Å². The Morgan fingerprint density at radius 2 is 1.97 bits per heavy atom. The lowest BCUT2D eigenvalue weighted by atomic mass is 10.2. The van der Waals surface area contributed by atoms with Crippen LogP contribution in [0.4, 0.5) is 10.6 Å². The summed E-state index contributed by atoms with van der Waals surface area (Å²) in [6, 6.07) is 6.15. The fourth-order valence-corrected chi connectivity index (χ4v) is 5.04. The second-order valence-electron chi connectivity index (χ2n) is 8.71. The van der Waals surface area contributed by atoms with E-state index in [0.29, 0.717) is 31.5 Å². The molecule has 0 spiro atoms. The molecule has 4 heterocycles. The molecule has 3 fully saturated rings. The molecule has 0 radical (unpaired) electrons. The molecule has 1 N–H and O–H groups in total. The molecule has 4 atom stereocenters. The first-order valence-corrected chi connectivity index (χ1v) is 10.8. The summed E-state index contributed by atoms with van der Waals surface area (Å²) in [5.74, 6) is 1.74. The van der Waals surface area contributed by atoms with Crippen LogP contribution in [-0.2, 0) is 4.79 Å². The van der Waals surface area contributed by atoms with E-state index in [2.05, 4.69) is 20.2 Å². The summed E-state index contributed by atoms with van der Waals surface area (Å²) in [4.78, 5) is 40.0. The molecule has 0 bridgehead atoms. The number of amides is 3. The van der Waals surface area contributed by atoms with Crippen molar-refractivity contribution in [3.63, 3.8) is 0 Å². The van der Waals surface area contributed by atoms with Gasteiger partial charge in [-0.2, -0.15) is 0 Å². The van der Waals surface area contributed by atoms with E-state index in [-0.39, 0.29) is 23.9 Å². The Morgan fingerprint density at radius 1 is 1.17 bits per heavy atom. The van der Waals surface area contributed by atoms with Crippen molar-refractivity contribution >= 4 is 28.7 Å². The molecule has 0 aromatic carbocycles. The number of piperidine rings is 1. The largest absolute Gasteiger partial charge is 0.353 e. The van der Waals surface area contributed by atoms with Gasteiger partial charge in [-0.3, -0.25) is 9.78 Å². The van der Waals surface area contributed by atoms with E-state index >= 15 is 0 Å². The zero-order valence-electron chi connectivity index (χ0n) is 17.5. The SMILES string of the molecule is CCN(C)C(=O)N1C[C@@H]2C(C(=O)N[C@H]3CCN(c4nccc5cccnc45)C3)[C@@H]2C1. The monoisotopic (exact) mass is 408 g/mol. The first-order valence-electron chi connectivity index (χ1n) is 10.8. The Bertz CT molecular complexity index is 964. The minimum absolute atomic E-state index is 0.0624. The van der Waals surface area contributed by atoms with Crippen molar-refractivity contribution in [2.75, 3.05) is 44.7 Å². The van der Waals surface area contributed by atoms with Crippen LogP contribution >= 0.6 is 0 Å². The van der Waals surface area contributed by atoms with Crippen molar-refractivity contribution in [1.82, 2.24) is 25.1 Å². The maximum Gasteiger partial charge on any atom is 0.319 e. The molecule has 5 rings (SSSR count). The van der Waals surface area contributed by atoms with Crippen molar-refractivity contribution in [3.8, 4) is 0 Å². The summed E-state index contributed by atoms with van der Waals surface area (Å²) >= 11 is 0. The molecule has 2 aromatic heterocycles. The fraction of sp³-hybridized carbons (Fsp3) is 0.545. The van der Waals surface area contributed by atoms with Crippen LogP contribution in [-0.4, -0.2) is 77.5 Å². The predicted molar refractivity (Wildman–Crippen MR) is 114 cm³/mol. The van der Waals surface area contributed by atoms with Crippen molar-refractivity contribution in [3.05, 3.63) is 30.6 Å². The van der Waals surface area contributed by atoms with Gasteiger partial charge in [-0.05, 0) is 37.3 Å². The van der Waals surface area contributed by atoms with Crippen molar-refractivity contribution < 1.29 is 9.59 Å². The number of carbonyl (C=O) groups is 2. The molecule has 1 aliphatic carbocycles. The number of aromatic nitrogens is 2. The molecule has 30 heavy (non-hydrogen) atoms. The molecular formula is C22H28N6O2. The van der Waals surface area contributed by atoms with Crippen LogP contribution in [0.3, 0.4) is 0 Å². The third kappa shape index (κ3) is 3.24. The number of hydrogen-bond donors (Lipinski definition) is 1. The van der Waals surface area contributed by atoms with Crippen LogP contribution in [0.25, 0.3) is 10.9 Å². The predicted octanol–water partition coefficient (Wildman–Crippen LogP) is 1.57. The van der Waals surface area contributed by atoms with Crippen LogP contribution in [0, 0.1) is 17.8 Å². The molecule has 8 heteroatoms. The molecule has 2 saturated heterocycles. The van der Waals surface area contributed by atoms with Crippen molar-refractivity contribution in [2.45, 2.75) is 19.4 Å². The van der Waals surface area contributed by atoms with E-state index in [9.17, 15) is 9.59 Å². The topological polar surface area (TPSA) is 81.7 Å². The first kappa shape index (κ1) is 19.1. The first-order chi connectivity index (χ1) is 14.6. The molecule has 158 valence electrons. The number of hydrogen-bond acceptors (Lipinski definition) is 5. The Kier molecular flexibility index (Phi) is 4.72. The summed E-state index contributed by atoms with van der Waals surface area (Å²) in [6.45, 7) is 5.69. The fourth-order valence-electron chi connectivity index (χ4n) is 5.04. The van der Waals surface area contributed by atoms with Crippen LogP contribution in [0.5, 0.6) is 0 Å². The van der Waals surface area contributed by atoms with E-state index < -0.39 is 0 Å². The Labute approximate surface area is 176 Å². The zero-order valence-corrected chi connectivity index (χ0v) is 17.5. The zero-order chi connectivity index (χ0) is 20.8. The van der Waals surface area contributed by atoms with Crippen LogP contribution in [0.15, 0.2) is 30.6 Å². The van der Waals surface area contributed by atoms with Gasteiger partial charge >= 0.3 is 6.03 Å². The van der Waals surface area contributed by atoms with Crippen LogP contribution in [0.1, 0.15) is 13.3 Å². The number of likely N-dealkylation sites (tertiary alicyclic amines) is 1. The van der Waals surface area contributed by atoms with E-state index in [1.54, 1.807) is 11.1 Å². The standard InChI is InChI=1S/C22H28N6O2/c1-3-26(2)22(30)28-12-16-17(13-28)18(16)21(29)25-15-7-10-27(11-15)20-19-14(6-9-24-20)5-4-8-23-19/h4-6,8-9,15-18H,3,7,10-13H2,1-2H3,(H,25,29)/t15-,16-,17+,18?/m0/s1. The molecule has 2 aliphatic heterocycles. The number of carbonyl (C=O) groups excluding carboxylic acids is 2. The Morgan fingerprint density at radius 3 is 2.73 bits per heavy atom. The molecule has 8 nitrogen and oxygen atoms in total. The van der Waals surface area contributed by atoms with Gasteiger partial charge < -0.3 is 20.0 Å². The highest BCUT2D eigenvalue weighted by molar-refractivity contribution is 5.88. The van der Waals surface area contributed by atoms with Gasteiger partial charge in [0.05, 0.1) is 0 Å². The maximum absolute atomic E-state index is 12.8. The molecular weight excluding hydrogens is 380 g/mol. The normalized spacial score (nSPS) is 27.3. The highest BCUT2D eigenvalue weighted by Gasteiger charge is 2.60. The van der Waals surface area contributed by atoms with Gasteiger partial charge in [0.25, 0.3) is 0 Å². The number of pyridine rings is 2. The lowest BCUT2D eigenvalue weighted by Crippen LogP contribution is -2.43. The molecule has 1 saturated carbocycles. The molecule has 3 aliphatic rings. The van der Waals surface area contributed by atoms with Crippen LogP contribution in [0.2, 0.25) is 0 Å². The van der Waals surface area contributed by atoms with Gasteiger partial charge in [0.2, 0.25) is 5.91 Å². The molecule has 2 aromatic rings. The van der Waals surface area contributed by atoms with E-state index in [1.165, 1.54) is 0 Å². The third-order valence-electron chi connectivity index (χ3n) is 6.90. The van der Waals surface area contributed by atoms with Gasteiger partial charge in [0.15, 0.2) is 5.82 Å². The van der Waals surface area contributed by atoms with E-state index in [0.717, 1.165) is 36.2 Å². The van der Waals surface area contributed by atoms with E-state index in [4.69, 9.17) is 0 Å². The second-order valence-corrected chi connectivity index (χ2v) is 8.71. The number of urea groups is 1. The Hall–Kier alpha value is -2.90. The van der Waals surface area contributed by atoms with Crippen molar-refractivity contribution in [2.24, 2.45) is 17.8 Å². The molecule has 3 amide bonds. The number of rotatable bonds is 4. The van der Waals surface area contributed by atoms with Gasteiger partial charge in [-0.1, -0.05) is 6.07 Å². The summed E-state index contributed by atoms with van der Waals surface area (Å²) < 4.78 is 0. The maximum atomic E-state index is 12.8. The van der Waals surface area contributed by atoms with Gasteiger partial charge in [-0.25, -0.2) is 9.78 Å². The van der Waals surface area contributed by atoms with E-state index in [1.807, 2.05) is 43.3 Å². The van der Waals surface area contributed by atoms with Crippen LogP contribution < -0.4 is 10.2 Å². The second kappa shape index (κ2) is 7.41. The summed E-state index contributed by atoms with van der Waals surface area (Å²) in [5, 5.41) is 4.33. The lowest BCUT2D eigenvalue weighted by molar-refractivity contribution is -0.123. The number of anilines is 1. The highest BCUT2D eigenvalue weighted by atomic mass is 16.2. The summed E-state index contributed by atoms with van der Waals surface area (Å²) in [6.07, 6.45) is 4.52. The average molecular weight is 409 g/mol. The number of nitrogens with one attached hydrogen (secondary N) is 1. The van der Waals surface area contributed by atoms with Gasteiger partial charge in [0, 0.05) is 69.5 Å². The highest BCUT2D eigenvalue weighted by Crippen LogP contribution is 2.52. The lowest BCUT2D eigenvalue weighted by Gasteiger charge is -2.25. The third-order valence-corrected chi connectivity index (χ3v) is 6.90. The number of fused-ring (bicyclic) bond motifs is 2. The quantitative estimate of drug-likeness (QED) is 0.831. The average Bonchev–Trinajstić information content (AvgIpc) is 3.09. The Balaban J connectivity index is 1.16. The van der Waals surface area contributed by atoms with Gasteiger partial charge in [-0.15, -0.1) is 0 Å². The minimum Gasteiger partial charge on any atom is -0.353 e. The summed E-state index contributed by atoms with van der Waals surface area (Å²) in [5.41, 5.74) is 0.908.